The molecule has 0 saturated heterocycles. The number of halogens is 4. The number of carbonyl (C=O) groups excluding carboxylic acids is 1. The van der Waals surface area contributed by atoms with E-state index in [1.54, 1.807) is 24.3 Å². The van der Waals surface area contributed by atoms with E-state index in [1.807, 2.05) is 0 Å². The van der Waals surface area contributed by atoms with Crippen LogP contribution in [0, 0.1) is 0 Å². The van der Waals surface area contributed by atoms with Gasteiger partial charge in [-0.1, -0.05) is 22.9 Å². The van der Waals surface area contributed by atoms with Gasteiger partial charge in [0.05, 0.1) is 17.1 Å². The number of primary amides is 1. The Bertz CT molecular complexity index is 938. The molecule has 2 aromatic heterocycles. The number of amides is 1. The Labute approximate surface area is 138 Å². The SMILES string of the molecule is NC(=O)c1c(C(F)(F)F)nnn1Cc1ccc2ncc(Cl)cc2c1. The zero-order chi connectivity index (χ0) is 17.5. The number of nitrogens with zero attached hydrogens (tertiary/aromatic N) is 4. The zero-order valence-electron chi connectivity index (χ0n) is 11.9. The van der Waals surface area contributed by atoms with Crippen LogP contribution < -0.4 is 5.73 Å². The van der Waals surface area contributed by atoms with Crippen molar-refractivity contribution in [3.8, 4) is 0 Å². The highest BCUT2D eigenvalue weighted by Gasteiger charge is 2.40. The summed E-state index contributed by atoms with van der Waals surface area (Å²) in [6.07, 6.45) is -3.33. The van der Waals surface area contributed by atoms with Gasteiger partial charge in [0.2, 0.25) is 0 Å². The lowest BCUT2D eigenvalue weighted by molar-refractivity contribution is -0.141. The third-order valence-corrected chi connectivity index (χ3v) is 3.49. The summed E-state index contributed by atoms with van der Waals surface area (Å²) in [4.78, 5) is 15.5. The van der Waals surface area contributed by atoms with Crippen LogP contribution in [0.5, 0.6) is 0 Å². The summed E-state index contributed by atoms with van der Waals surface area (Å²) < 4.78 is 39.4. The van der Waals surface area contributed by atoms with E-state index >= 15 is 0 Å². The van der Waals surface area contributed by atoms with Gasteiger partial charge in [0.15, 0.2) is 11.4 Å². The molecule has 2 heterocycles. The molecule has 124 valence electrons. The van der Waals surface area contributed by atoms with Crippen LogP contribution >= 0.6 is 11.6 Å². The van der Waals surface area contributed by atoms with E-state index in [9.17, 15) is 18.0 Å². The van der Waals surface area contributed by atoms with Crippen LogP contribution in [-0.4, -0.2) is 25.9 Å². The van der Waals surface area contributed by atoms with Gasteiger partial charge in [-0.05, 0) is 23.8 Å². The second-order valence-corrected chi connectivity index (χ2v) is 5.42. The normalized spacial score (nSPS) is 11.8. The van der Waals surface area contributed by atoms with E-state index in [0.717, 1.165) is 4.68 Å². The third-order valence-electron chi connectivity index (χ3n) is 3.28. The molecule has 0 aliphatic heterocycles. The van der Waals surface area contributed by atoms with E-state index in [4.69, 9.17) is 17.3 Å². The van der Waals surface area contributed by atoms with Gasteiger partial charge < -0.3 is 5.73 Å². The number of aromatic nitrogens is 4. The first-order valence-electron chi connectivity index (χ1n) is 6.60. The molecule has 1 amide bonds. The lowest BCUT2D eigenvalue weighted by Crippen LogP contribution is -2.22. The fraction of sp³-hybridized carbons (Fsp3) is 0.143. The van der Waals surface area contributed by atoms with Gasteiger partial charge in [0.1, 0.15) is 0 Å². The van der Waals surface area contributed by atoms with E-state index in [1.165, 1.54) is 6.20 Å². The number of fused-ring (bicyclic) bond motifs is 1. The predicted octanol–water partition coefficient (Wildman–Crippen LogP) is 2.65. The van der Waals surface area contributed by atoms with Crippen molar-refractivity contribution in [1.29, 1.82) is 0 Å². The number of rotatable bonds is 3. The molecule has 0 radical (unpaired) electrons. The average Bonchev–Trinajstić information content (AvgIpc) is 2.90. The molecular weight excluding hydrogens is 347 g/mol. The summed E-state index contributed by atoms with van der Waals surface area (Å²) in [7, 11) is 0. The summed E-state index contributed by atoms with van der Waals surface area (Å²) >= 11 is 5.88. The first-order chi connectivity index (χ1) is 11.3. The Morgan fingerprint density at radius 2 is 2.04 bits per heavy atom. The second-order valence-electron chi connectivity index (χ2n) is 4.99. The van der Waals surface area contributed by atoms with Crippen LogP contribution in [0.15, 0.2) is 30.5 Å². The van der Waals surface area contributed by atoms with Crippen molar-refractivity contribution in [2.24, 2.45) is 5.73 Å². The predicted molar refractivity (Wildman–Crippen MR) is 79.4 cm³/mol. The molecule has 0 saturated carbocycles. The summed E-state index contributed by atoms with van der Waals surface area (Å²) in [6, 6.07) is 6.70. The van der Waals surface area contributed by atoms with E-state index in [-0.39, 0.29) is 6.54 Å². The van der Waals surface area contributed by atoms with Gasteiger partial charge in [0.25, 0.3) is 5.91 Å². The van der Waals surface area contributed by atoms with Crippen molar-refractivity contribution in [3.05, 3.63) is 52.4 Å². The average molecular weight is 356 g/mol. The Morgan fingerprint density at radius 1 is 1.29 bits per heavy atom. The first-order valence-corrected chi connectivity index (χ1v) is 6.98. The highest BCUT2D eigenvalue weighted by Crippen LogP contribution is 2.30. The smallest absolute Gasteiger partial charge is 0.364 e. The summed E-state index contributed by atoms with van der Waals surface area (Å²) in [5.41, 5.74) is 4.13. The molecule has 0 aliphatic carbocycles. The van der Waals surface area contributed by atoms with Gasteiger partial charge >= 0.3 is 6.18 Å². The van der Waals surface area contributed by atoms with Gasteiger partial charge in [0, 0.05) is 11.6 Å². The molecule has 0 bridgehead atoms. The third kappa shape index (κ3) is 3.02. The maximum Gasteiger partial charge on any atom is 0.437 e. The fourth-order valence-corrected chi connectivity index (χ4v) is 2.45. The highest BCUT2D eigenvalue weighted by atomic mass is 35.5. The number of benzene rings is 1. The minimum atomic E-state index is -4.82. The Kier molecular flexibility index (Phi) is 3.88. The molecule has 0 fully saturated rings. The van der Waals surface area contributed by atoms with E-state index < -0.39 is 23.5 Å². The molecule has 6 nitrogen and oxygen atoms in total. The second kappa shape index (κ2) is 5.75. The van der Waals surface area contributed by atoms with Crippen LogP contribution in [0.1, 0.15) is 21.7 Å². The topological polar surface area (TPSA) is 86.7 Å². The Hall–Kier alpha value is -2.68. The molecule has 0 atom stereocenters. The Balaban J connectivity index is 2.02. The maximum absolute atomic E-state index is 12.9. The molecule has 0 unspecified atom stereocenters. The minimum Gasteiger partial charge on any atom is -0.364 e. The van der Waals surface area contributed by atoms with Gasteiger partial charge in [-0.3, -0.25) is 9.78 Å². The van der Waals surface area contributed by atoms with Crippen molar-refractivity contribution in [3.63, 3.8) is 0 Å². The summed E-state index contributed by atoms with van der Waals surface area (Å²) in [5.74, 6) is -1.25. The number of nitrogens with two attached hydrogens (primary N) is 1. The molecule has 0 aliphatic rings. The highest BCUT2D eigenvalue weighted by molar-refractivity contribution is 6.31. The summed E-state index contributed by atoms with van der Waals surface area (Å²) in [5, 5.41) is 7.57. The number of alkyl halides is 3. The van der Waals surface area contributed by atoms with E-state index in [2.05, 4.69) is 15.3 Å². The molecule has 2 N–H and O–H groups in total. The van der Waals surface area contributed by atoms with Crippen molar-refractivity contribution in [2.75, 3.05) is 0 Å². The fourth-order valence-electron chi connectivity index (χ4n) is 2.28. The number of hydrogen-bond donors (Lipinski definition) is 1. The lowest BCUT2D eigenvalue weighted by Gasteiger charge is -2.08. The largest absolute Gasteiger partial charge is 0.437 e. The lowest BCUT2D eigenvalue weighted by atomic mass is 10.1. The van der Waals surface area contributed by atoms with Crippen molar-refractivity contribution in [1.82, 2.24) is 20.0 Å². The van der Waals surface area contributed by atoms with Crippen LogP contribution in [0.25, 0.3) is 10.9 Å². The molecule has 3 aromatic rings. The number of carbonyl (C=O) groups is 1. The van der Waals surface area contributed by atoms with Crippen LogP contribution in [0.3, 0.4) is 0 Å². The summed E-state index contributed by atoms with van der Waals surface area (Å²) in [6.45, 7) is -0.107. The van der Waals surface area contributed by atoms with Gasteiger partial charge in [-0.25, -0.2) is 4.68 Å². The molecular formula is C14H9ClF3N5O. The molecule has 24 heavy (non-hydrogen) atoms. The van der Waals surface area contributed by atoms with Crippen LogP contribution in [-0.2, 0) is 12.7 Å². The quantitative estimate of drug-likeness (QED) is 0.782. The molecule has 0 spiro atoms. The van der Waals surface area contributed by atoms with Crippen molar-refractivity contribution >= 4 is 28.4 Å². The molecule has 3 rings (SSSR count). The zero-order valence-corrected chi connectivity index (χ0v) is 12.6. The maximum atomic E-state index is 12.9. The number of hydrogen-bond acceptors (Lipinski definition) is 4. The Morgan fingerprint density at radius 3 is 2.71 bits per heavy atom. The van der Waals surface area contributed by atoms with Crippen LogP contribution in [0.4, 0.5) is 13.2 Å². The minimum absolute atomic E-state index is 0.107. The standard InChI is InChI=1S/C14H9ClF3N5O/c15-9-4-8-3-7(1-2-10(8)20-5-9)6-23-11(13(19)24)12(21-22-23)14(16,17)18/h1-5H,6H2,(H2,19,24). The van der Waals surface area contributed by atoms with Crippen molar-refractivity contribution in [2.45, 2.75) is 12.7 Å². The van der Waals surface area contributed by atoms with Gasteiger partial charge in [-0.2, -0.15) is 13.2 Å². The molecule has 1 aromatic carbocycles. The first kappa shape index (κ1) is 16.2. The molecule has 10 heteroatoms. The van der Waals surface area contributed by atoms with Crippen LogP contribution in [0.2, 0.25) is 5.02 Å². The monoisotopic (exact) mass is 355 g/mol. The van der Waals surface area contributed by atoms with E-state index in [0.29, 0.717) is 21.5 Å². The van der Waals surface area contributed by atoms with Crippen molar-refractivity contribution < 1.29 is 18.0 Å². The number of pyridine rings is 1. The van der Waals surface area contributed by atoms with Gasteiger partial charge in [-0.15, -0.1) is 5.10 Å².